The lowest BCUT2D eigenvalue weighted by Crippen LogP contribution is -2.58. The molecule has 3 nitrogen and oxygen atoms in total. The average Bonchev–Trinajstić information content (AvgIpc) is 2.35. The van der Waals surface area contributed by atoms with Crippen LogP contribution >= 0.6 is 15.9 Å². The quantitative estimate of drug-likeness (QED) is 0.886. The number of pyridine rings is 1. The predicted octanol–water partition coefficient (Wildman–Crippen LogP) is 3.91. The molecule has 2 rings (SSSR count). The van der Waals surface area contributed by atoms with E-state index in [4.69, 9.17) is 0 Å². The van der Waals surface area contributed by atoms with E-state index >= 15 is 0 Å². The van der Waals surface area contributed by atoms with Gasteiger partial charge in [0.25, 0.3) is 0 Å². The molecule has 0 radical (unpaired) electrons. The molecule has 0 aliphatic heterocycles. The summed E-state index contributed by atoms with van der Waals surface area (Å²) in [7, 11) is -1.09. The Bertz CT molecular complexity index is 496. The predicted molar refractivity (Wildman–Crippen MR) is 87.7 cm³/mol. The van der Waals surface area contributed by atoms with Crippen LogP contribution in [0, 0.1) is 5.92 Å². The zero-order valence-electron chi connectivity index (χ0n) is 12.6. The Morgan fingerprint density at radius 2 is 2.20 bits per heavy atom. The van der Waals surface area contributed by atoms with Gasteiger partial charge in [-0.25, -0.2) is 8.93 Å². The molecule has 3 unspecified atom stereocenters. The smallest absolute Gasteiger partial charge is 0.0979 e. The maximum Gasteiger partial charge on any atom is 0.0979 e. The Labute approximate surface area is 132 Å². The third kappa shape index (κ3) is 3.00. The van der Waals surface area contributed by atoms with E-state index < -0.39 is 11.0 Å². The summed E-state index contributed by atoms with van der Waals surface area (Å²) in [6, 6.07) is 4.05. The number of hydrogen-bond acceptors (Lipinski definition) is 2. The number of hydrogen-bond donors (Lipinski definition) is 1. The van der Waals surface area contributed by atoms with E-state index in [1.54, 1.807) is 0 Å². The topological polar surface area (TPSA) is 42.0 Å². The van der Waals surface area contributed by atoms with Crippen LogP contribution in [0.5, 0.6) is 0 Å². The van der Waals surface area contributed by atoms with Gasteiger partial charge in [0, 0.05) is 10.7 Å². The van der Waals surface area contributed by atoms with Crippen molar-refractivity contribution >= 4 is 26.9 Å². The van der Waals surface area contributed by atoms with E-state index in [0.29, 0.717) is 5.92 Å². The van der Waals surface area contributed by atoms with Crippen molar-refractivity contribution < 1.29 is 4.21 Å². The molecule has 0 aromatic carbocycles. The number of nitrogens with zero attached hydrogens (tertiary/aromatic N) is 1. The molecule has 0 saturated heterocycles. The number of rotatable bonds is 4. The molecular formula is C15H23BrN2OS. The lowest BCUT2D eigenvalue weighted by molar-refractivity contribution is 0.0987. The average molecular weight is 359 g/mol. The van der Waals surface area contributed by atoms with Crippen LogP contribution in [-0.2, 0) is 16.5 Å². The van der Waals surface area contributed by atoms with Crippen molar-refractivity contribution in [3.05, 3.63) is 28.5 Å². The van der Waals surface area contributed by atoms with Crippen LogP contribution in [0.1, 0.15) is 52.7 Å². The van der Waals surface area contributed by atoms with Crippen molar-refractivity contribution in [3.63, 3.8) is 0 Å². The van der Waals surface area contributed by atoms with Gasteiger partial charge >= 0.3 is 0 Å². The highest BCUT2D eigenvalue weighted by Crippen LogP contribution is 2.48. The van der Waals surface area contributed by atoms with Crippen LogP contribution in [0.25, 0.3) is 0 Å². The van der Waals surface area contributed by atoms with Crippen molar-refractivity contribution in [1.29, 1.82) is 0 Å². The van der Waals surface area contributed by atoms with Gasteiger partial charge in [0.1, 0.15) is 0 Å². The molecule has 1 saturated carbocycles. The molecule has 1 aromatic rings. The summed E-state index contributed by atoms with van der Waals surface area (Å²) in [5.74, 6) is 0.502. The second-order valence-electron chi connectivity index (χ2n) is 6.46. The molecule has 5 heteroatoms. The first-order chi connectivity index (χ1) is 9.29. The Balaban J connectivity index is 2.32. The van der Waals surface area contributed by atoms with Crippen LogP contribution in [0.4, 0.5) is 0 Å². The second-order valence-corrected chi connectivity index (χ2v) is 9.34. The minimum Gasteiger partial charge on any atom is -0.258 e. The molecule has 1 N–H and O–H groups in total. The summed E-state index contributed by atoms with van der Waals surface area (Å²) in [5, 5.41) is 0. The molecule has 1 fully saturated rings. The monoisotopic (exact) mass is 358 g/mol. The molecule has 1 aromatic heterocycles. The van der Waals surface area contributed by atoms with Crippen LogP contribution < -0.4 is 4.72 Å². The first-order valence-corrected chi connectivity index (χ1v) is 9.05. The van der Waals surface area contributed by atoms with Gasteiger partial charge in [-0.2, -0.15) is 0 Å². The molecule has 0 bridgehead atoms. The lowest BCUT2D eigenvalue weighted by Gasteiger charge is -2.50. The second kappa shape index (κ2) is 5.85. The zero-order valence-corrected chi connectivity index (χ0v) is 15.0. The fraction of sp³-hybridized carbons (Fsp3) is 0.667. The summed E-state index contributed by atoms with van der Waals surface area (Å²) >= 11 is 3.42. The molecule has 3 atom stereocenters. The minimum absolute atomic E-state index is 0.229. The molecule has 0 spiro atoms. The molecule has 112 valence electrons. The Kier molecular flexibility index (Phi) is 4.72. The number of nitrogens with one attached hydrogen (secondary N) is 1. The van der Waals surface area contributed by atoms with Gasteiger partial charge in [0.15, 0.2) is 0 Å². The fourth-order valence-electron chi connectivity index (χ4n) is 2.67. The van der Waals surface area contributed by atoms with Crippen molar-refractivity contribution in [2.75, 3.05) is 0 Å². The van der Waals surface area contributed by atoms with Crippen molar-refractivity contribution in [2.24, 2.45) is 5.92 Å². The van der Waals surface area contributed by atoms with Crippen molar-refractivity contribution in [2.45, 2.75) is 57.2 Å². The molecule has 1 heterocycles. The van der Waals surface area contributed by atoms with Crippen LogP contribution in [0.2, 0.25) is 0 Å². The van der Waals surface area contributed by atoms with Gasteiger partial charge in [0.2, 0.25) is 0 Å². The molecular weight excluding hydrogens is 336 g/mol. The van der Waals surface area contributed by atoms with E-state index in [9.17, 15) is 4.21 Å². The Morgan fingerprint density at radius 3 is 2.60 bits per heavy atom. The first kappa shape index (κ1) is 16.1. The Hall–Kier alpha value is -0.260. The van der Waals surface area contributed by atoms with Crippen LogP contribution in [-0.4, -0.2) is 13.9 Å². The standard InChI is InChI=1S/C15H23BrN2OS/c1-5-11-8-9-15(11,18-20(19)14(2,3)4)13-7-6-12(16)10-17-13/h6-7,10-11,18H,5,8-9H2,1-4H3. The number of halogens is 1. The van der Waals surface area contributed by atoms with E-state index in [-0.39, 0.29) is 10.3 Å². The van der Waals surface area contributed by atoms with E-state index in [1.807, 2.05) is 39.1 Å². The molecule has 0 amide bonds. The highest BCUT2D eigenvalue weighted by Gasteiger charge is 2.50. The summed E-state index contributed by atoms with van der Waals surface area (Å²) < 4.78 is 16.6. The normalized spacial score (nSPS) is 27.9. The van der Waals surface area contributed by atoms with Gasteiger partial charge in [-0.1, -0.05) is 13.3 Å². The third-order valence-corrected chi connectivity index (χ3v) is 6.22. The summed E-state index contributed by atoms with van der Waals surface area (Å²) in [6.45, 7) is 8.19. The van der Waals surface area contributed by atoms with Gasteiger partial charge < -0.3 is 0 Å². The lowest BCUT2D eigenvalue weighted by atomic mass is 9.64. The largest absolute Gasteiger partial charge is 0.258 e. The molecule has 20 heavy (non-hydrogen) atoms. The van der Waals surface area contributed by atoms with Crippen LogP contribution in [0.15, 0.2) is 22.8 Å². The molecule has 1 aliphatic rings. The van der Waals surface area contributed by atoms with Gasteiger partial charge in [-0.15, -0.1) is 0 Å². The first-order valence-electron chi connectivity index (χ1n) is 7.11. The van der Waals surface area contributed by atoms with Gasteiger partial charge in [-0.05, 0) is 67.6 Å². The molecule has 1 aliphatic carbocycles. The SMILES string of the molecule is CCC1CCC1(NS(=O)C(C)(C)C)c1ccc(Br)cn1. The summed E-state index contributed by atoms with van der Waals surface area (Å²) in [6.07, 6.45) is 5.07. The zero-order chi connectivity index (χ0) is 15.0. The van der Waals surface area contributed by atoms with E-state index in [2.05, 4.69) is 32.6 Å². The van der Waals surface area contributed by atoms with E-state index in [0.717, 1.165) is 23.0 Å². The maximum atomic E-state index is 12.5. The highest BCUT2D eigenvalue weighted by molar-refractivity contribution is 9.10. The van der Waals surface area contributed by atoms with Crippen molar-refractivity contribution in [3.8, 4) is 0 Å². The van der Waals surface area contributed by atoms with E-state index in [1.165, 1.54) is 6.42 Å². The van der Waals surface area contributed by atoms with Gasteiger partial charge in [-0.3, -0.25) is 4.98 Å². The van der Waals surface area contributed by atoms with Gasteiger partial charge in [0.05, 0.1) is 27.0 Å². The maximum absolute atomic E-state index is 12.5. The number of aromatic nitrogens is 1. The van der Waals surface area contributed by atoms with Crippen LogP contribution in [0.3, 0.4) is 0 Å². The summed E-state index contributed by atoms with van der Waals surface area (Å²) in [5.41, 5.74) is 0.782. The van der Waals surface area contributed by atoms with Crippen molar-refractivity contribution in [1.82, 2.24) is 9.71 Å². The third-order valence-electron chi connectivity index (χ3n) is 4.09. The minimum atomic E-state index is -1.09. The highest BCUT2D eigenvalue weighted by atomic mass is 79.9. The summed E-state index contributed by atoms with van der Waals surface area (Å²) in [4.78, 5) is 4.56. The Morgan fingerprint density at radius 1 is 1.50 bits per heavy atom. The fourth-order valence-corrected chi connectivity index (χ4v) is 3.92.